The van der Waals surface area contributed by atoms with Crippen molar-refractivity contribution < 1.29 is 0 Å². The molecule has 0 bridgehead atoms. The molecule has 0 spiro atoms. The van der Waals surface area contributed by atoms with Crippen LogP contribution in [0.5, 0.6) is 0 Å². The summed E-state index contributed by atoms with van der Waals surface area (Å²) in [5.41, 5.74) is 16.1. The highest BCUT2D eigenvalue weighted by atomic mass is 15.1. The Labute approximate surface area is 368 Å². The third-order valence-corrected chi connectivity index (χ3v) is 12.4. The molecule has 0 fully saturated rings. The molecule has 4 nitrogen and oxygen atoms in total. The van der Waals surface area contributed by atoms with Crippen molar-refractivity contribution in [3.8, 4) is 56.4 Å². The fourth-order valence-corrected chi connectivity index (χ4v) is 9.41. The zero-order chi connectivity index (χ0) is 42.2. The number of benzene rings is 8. The van der Waals surface area contributed by atoms with Crippen molar-refractivity contribution in [1.82, 2.24) is 15.0 Å². The fourth-order valence-electron chi connectivity index (χ4n) is 9.41. The van der Waals surface area contributed by atoms with Gasteiger partial charge in [0, 0.05) is 40.2 Å². The predicted molar refractivity (Wildman–Crippen MR) is 260 cm³/mol. The van der Waals surface area contributed by atoms with E-state index in [0.717, 1.165) is 50.3 Å². The van der Waals surface area contributed by atoms with E-state index in [9.17, 15) is 0 Å². The SMILES string of the molecule is C=C1/C=C\C=C/CN(c2cccc(-c3nc(-c4ccccc4)nc(-c4ccc(-c5ccccc5)cc4)n3)c2)c2cc3c(cc21)-c1ccccc1C3(c1ccccc1)c1ccccc1. The summed E-state index contributed by atoms with van der Waals surface area (Å²) in [5, 5.41) is 0. The molecule has 1 aliphatic carbocycles. The number of anilines is 2. The molecule has 0 unspecified atom stereocenters. The van der Waals surface area contributed by atoms with Crippen molar-refractivity contribution in [2.45, 2.75) is 5.41 Å². The monoisotopic (exact) mass is 806 g/mol. The number of fused-ring (bicyclic) bond motifs is 4. The van der Waals surface area contributed by atoms with Crippen molar-refractivity contribution in [2.24, 2.45) is 0 Å². The van der Waals surface area contributed by atoms with Gasteiger partial charge in [0.25, 0.3) is 0 Å². The molecule has 0 atom stereocenters. The van der Waals surface area contributed by atoms with Crippen LogP contribution in [-0.4, -0.2) is 21.5 Å². The summed E-state index contributed by atoms with van der Waals surface area (Å²) in [5.74, 6) is 1.85. The molecule has 9 aromatic rings. The van der Waals surface area contributed by atoms with Crippen LogP contribution in [-0.2, 0) is 5.41 Å². The van der Waals surface area contributed by atoms with Crippen LogP contribution in [0.15, 0.2) is 237 Å². The normalized spacial score (nSPS) is 14.7. The van der Waals surface area contributed by atoms with Gasteiger partial charge in [0.2, 0.25) is 0 Å². The van der Waals surface area contributed by atoms with Gasteiger partial charge < -0.3 is 4.90 Å². The first-order valence-electron chi connectivity index (χ1n) is 21.4. The Morgan fingerprint density at radius 1 is 0.413 bits per heavy atom. The molecule has 0 saturated carbocycles. The minimum atomic E-state index is -0.545. The van der Waals surface area contributed by atoms with Crippen molar-refractivity contribution in [3.05, 3.63) is 265 Å². The largest absolute Gasteiger partial charge is 0.337 e. The van der Waals surface area contributed by atoms with E-state index in [1.807, 2.05) is 36.4 Å². The molecule has 63 heavy (non-hydrogen) atoms. The highest BCUT2D eigenvalue weighted by molar-refractivity contribution is 5.94. The molecule has 298 valence electrons. The van der Waals surface area contributed by atoms with Crippen LogP contribution in [0.4, 0.5) is 11.4 Å². The molecule has 11 rings (SSSR count). The molecular weight excluding hydrogens is 765 g/mol. The molecule has 8 aromatic carbocycles. The Bertz CT molecular complexity index is 3150. The predicted octanol–water partition coefficient (Wildman–Crippen LogP) is 14.2. The Hall–Kier alpha value is -8.21. The number of aromatic nitrogens is 3. The first-order chi connectivity index (χ1) is 31.1. The van der Waals surface area contributed by atoms with E-state index in [1.54, 1.807) is 0 Å². The number of nitrogens with zero attached hydrogens (tertiary/aromatic N) is 4. The van der Waals surface area contributed by atoms with E-state index in [-0.39, 0.29) is 0 Å². The van der Waals surface area contributed by atoms with Gasteiger partial charge in [0.15, 0.2) is 17.5 Å². The van der Waals surface area contributed by atoms with Gasteiger partial charge >= 0.3 is 0 Å². The summed E-state index contributed by atoms with van der Waals surface area (Å²) in [6, 6.07) is 73.3. The van der Waals surface area contributed by atoms with E-state index in [4.69, 9.17) is 15.0 Å². The lowest BCUT2D eigenvalue weighted by Gasteiger charge is -2.35. The molecule has 0 saturated heterocycles. The van der Waals surface area contributed by atoms with Gasteiger partial charge in [-0.15, -0.1) is 0 Å². The van der Waals surface area contributed by atoms with Crippen LogP contribution in [0.1, 0.15) is 27.8 Å². The Morgan fingerprint density at radius 3 is 1.60 bits per heavy atom. The highest BCUT2D eigenvalue weighted by Crippen LogP contribution is 2.58. The first-order valence-corrected chi connectivity index (χ1v) is 21.4. The first kappa shape index (κ1) is 37.8. The van der Waals surface area contributed by atoms with Crippen molar-refractivity contribution in [2.75, 3.05) is 11.4 Å². The van der Waals surface area contributed by atoms with E-state index < -0.39 is 5.41 Å². The van der Waals surface area contributed by atoms with E-state index in [1.165, 1.54) is 33.4 Å². The lowest BCUT2D eigenvalue weighted by molar-refractivity contribution is 0.768. The Kier molecular flexibility index (Phi) is 9.59. The molecule has 2 heterocycles. The molecular formula is C59H42N4. The molecule has 1 aliphatic heterocycles. The zero-order valence-corrected chi connectivity index (χ0v) is 34.6. The van der Waals surface area contributed by atoms with Crippen LogP contribution < -0.4 is 4.90 Å². The standard InChI is InChI=1S/C59H42N4/c1-41-20-7-6-18-37-63(55-40-54-52(39-51(41)55)50-31-16-17-32-53(50)59(54,47-26-12-4-13-27-47)48-28-14-5-15-29-48)49-30-19-25-46(38-49)58-61-56(44-23-10-3-11-24-44)60-57(62-58)45-35-33-43(34-36-45)42-21-8-2-9-22-42/h2-36,38-40H,1,37H2/b18-6-,20-7-. The van der Waals surface area contributed by atoms with Crippen LogP contribution in [0, 0.1) is 0 Å². The van der Waals surface area contributed by atoms with Crippen LogP contribution in [0.3, 0.4) is 0 Å². The molecule has 0 N–H and O–H groups in total. The van der Waals surface area contributed by atoms with Crippen molar-refractivity contribution in [3.63, 3.8) is 0 Å². The van der Waals surface area contributed by atoms with Gasteiger partial charge in [-0.3, -0.25) is 0 Å². The second kappa shape index (κ2) is 16.0. The summed E-state index contributed by atoms with van der Waals surface area (Å²) < 4.78 is 0. The number of allylic oxidation sites excluding steroid dienone is 4. The number of hydrogen-bond acceptors (Lipinski definition) is 4. The van der Waals surface area contributed by atoms with Crippen molar-refractivity contribution >= 4 is 16.9 Å². The maximum absolute atomic E-state index is 5.17. The minimum Gasteiger partial charge on any atom is -0.337 e. The van der Waals surface area contributed by atoms with E-state index in [0.29, 0.717) is 24.0 Å². The summed E-state index contributed by atoms with van der Waals surface area (Å²) in [7, 11) is 0. The van der Waals surface area contributed by atoms with Gasteiger partial charge in [0.05, 0.1) is 5.41 Å². The lowest BCUT2D eigenvalue weighted by Crippen LogP contribution is -2.29. The number of hydrogen-bond donors (Lipinski definition) is 0. The van der Waals surface area contributed by atoms with E-state index >= 15 is 0 Å². The topological polar surface area (TPSA) is 41.9 Å². The summed E-state index contributed by atoms with van der Waals surface area (Å²) in [4.78, 5) is 17.7. The average Bonchev–Trinajstić information content (AvgIpc) is 3.69. The number of rotatable bonds is 7. The third kappa shape index (κ3) is 6.70. The summed E-state index contributed by atoms with van der Waals surface area (Å²) >= 11 is 0. The smallest absolute Gasteiger partial charge is 0.164 e. The van der Waals surface area contributed by atoms with Crippen LogP contribution in [0.25, 0.3) is 62.0 Å². The maximum Gasteiger partial charge on any atom is 0.164 e. The van der Waals surface area contributed by atoms with Crippen molar-refractivity contribution in [1.29, 1.82) is 0 Å². The van der Waals surface area contributed by atoms with Gasteiger partial charge in [-0.1, -0.05) is 213 Å². The minimum absolute atomic E-state index is 0.545. The lowest BCUT2D eigenvalue weighted by atomic mass is 9.67. The molecule has 1 aromatic heterocycles. The van der Waals surface area contributed by atoms with Crippen LogP contribution in [0.2, 0.25) is 0 Å². The Balaban J connectivity index is 1.08. The third-order valence-electron chi connectivity index (χ3n) is 12.4. The van der Waals surface area contributed by atoms with Crippen LogP contribution >= 0.6 is 0 Å². The molecule has 0 radical (unpaired) electrons. The zero-order valence-electron chi connectivity index (χ0n) is 34.6. The van der Waals surface area contributed by atoms with Gasteiger partial charge in [-0.25, -0.2) is 15.0 Å². The quantitative estimate of drug-likeness (QED) is 0.161. The Morgan fingerprint density at radius 2 is 0.937 bits per heavy atom. The van der Waals surface area contributed by atoms with E-state index in [2.05, 4.69) is 206 Å². The molecule has 0 amide bonds. The van der Waals surface area contributed by atoms with Gasteiger partial charge in [-0.05, 0) is 74.3 Å². The molecule has 2 aliphatic rings. The highest BCUT2D eigenvalue weighted by Gasteiger charge is 2.46. The second-order valence-corrected chi connectivity index (χ2v) is 16.0. The summed E-state index contributed by atoms with van der Waals surface area (Å²) in [6.45, 7) is 5.29. The van der Waals surface area contributed by atoms with Gasteiger partial charge in [-0.2, -0.15) is 0 Å². The fraction of sp³-hybridized carbons (Fsp3) is 0.0339. The maximum atomic E-state index is 5.17. The summed E-state index contributed by atoms with van der Waals surface area (Å²) in [6.07, 6.45) is 8.54. The average molecular weight is 807 g/mol. The second-order valence-electron chi connectivity index (χ2n) is 16.0. The molecule has 4 heteroatoms. The van der Waals surface area contributed by atoms with Gasteiger partial charge in [0.1, 0.15) is 0 Å².